The molecule has 1 saturated carbocycles. The molecule has 1 aliphatic carbocycles. The molecule has 1 rings (SSSR count). The number of ether oxygens (including phenoxy) is 1. The second kappa shape index (κ2) is 5.32. The predicted molar refractivity (Wildman–Crippen MR) is 55.1 cm³/mol. The lowest BCUT2D eigenvalue weighted by atomic mass is 9.80. The van der Waals surface area contributed by atoms with E-state index in [0.29, 0.717) is 6.42 Å². The van der Waals surface area contributed by atoms with Gasteiger partial charge in [0.15, 0.2) is 0 Å². The minimum absolute atomic E-state index is 0.0582. The van der Waals surface area contributed by atoms with Crippen molar-refractivity contribution in [3.8, 4) is 0 Å². The quantitative estimate of drug-likeness (QED) is 0.606. The smallest absolute Gasteiger partial charge is 0.221 e. The van der Waals surface area contributed by atoms with E-state index in [2.05, 4.69) is 10.6 Å². The first-order valence-corrected chi connectivity index (χ1v) is 5.19. The van der Waals surface area contributed by atoms with Crippen molar-refractivity contribution in [2.24, 2.45) is 0 Å². The van der Waals surface area contributed by atoms with E-state index in [-0.39, 0.29) is 11.5 Å². The van der Waals surface area contributed by atoms with E-state index in [4.69, 9.17) is 4.74 Å². The van der Waals surface area contributed by atoms with Crippen LogP contribution in [0.25, 0.3) is 0 Å². The summed E-state index contributed by atoms with van der Waals surface area (Å²) in [6, 6.07) is 0. The molecule has 4 nitrogen and oxygen atoms in total. The van der Waals surface area contributed by atoms with Gasteiger partial charge >= 0.3 is 0 Å². The third kappa shape index (κ3) is 2.96. The molecule has 0 aromatic carbocycles. The van der Waals surface area contributed by atoms with Gasteiger partial charge in [0.1, 0.15) is 0 Å². The zero-order valence-electron chi connectivity index (χ0n) is 9.06. The van der Waals surface area contributed by atoms with Crippen molar-refractivity contribution < 1.29 is 9.53 Å². The second-order valence-corrected chi connectivity index (χ2v) is 3.84. The van der Waals surface area contributed by atoms with Gasteiger partial charge < -0.3 is 15.4 Å². The van der Waals surface area contributed by atoms with Crippen molar-refractivity contribution >= 4 is 5.91 Å². The minimum atomic E-state index is 0.0582. The number of amides is 1. The normalized spacial score (nSPS) is 18.7. The molecular formula is C10H20N2O2. The highest BCUT2D eigenvalue weighted by molar-refractivity contribution is 5.75. The van der Waals surface area contributed by atoms with Crippen LogP contribution in [0.5, 0.6) is 0 Å². The van der Waals surface area contributed by atoms with Crippen molar-refractivity contribution in [1.29, 1.82) is 0 Å². The standard InChI is InChI=1S/C10H20N2O2/c1-11-9(13)4-7-12-8-10(14-2)5-3-6-10/h12H,3-8H2,1-2H3,(H,11,13). The molecule has 82 valence electrons. The van der Waals surface area contributed by atoms with Crippen molar-refractivity contribution in [3.63, 3.8) is 0 Å². The van der Waals surface area contributed by atoms with Crippen LogP contribution >= 0.6 is 0 Å². The molecule has 1 amide bonds. The van der Waals surface area contributed by atoms with Gasteiger partial charge in [0.2, 0.25) is 5.91 Å². The van der Waals surface area contributed by atoms with Crippen LogP contribution in [0, 0.1) is 0 Å². The summed E-state index contributed by atoms with van der Waals surface area (Å²) in [5.74, 6) is 0.0811. The summed E-state index contributed by atoms with van der Waals surface area (Å²) in [4.78, 5) is 10.9. The average Bonchev–Trinajstić information content (AvgIpc) is 2.15. The maximum Gasteiger partial charge on any atom is 0.221 e. The number of hydrogen-bond donors (Lipinski definition) is 2. The number of carbonyl (C=O) groups is 1. The van der Waals surface area contributed by atoms with E-state index in [9.17, 15) is 4.79 Å². The van der Waals surface area contributed by atoms with Gasteiger partial charge in [-0.15, -0.1) is 0 Å². The van der Waals surface area contributed by atoms with Gasteiger partial charge in [-0.05, 0) is 19.3 Å². The fraction of sp³-hybridized carbons (Fsp3) is 0.900. The van der Waals surface area contributed by atoms with Crippen LogP contribution in [-0.2, 0) is 9.53 Å². The summed E-state index contributed by atoms with van der Waals surface area (Å²) in [7, 11) is 3.42. The summed E-state index contributed by atoms with van der Waals surface area (Å²) in [6.45, 7) is 1.59. The Kier molecular flexibility index (Phi) is 4.35. The summed E-state index contributed by atoms with van der Waals surface area (Å²) in [6.07, 6.45) is 4.06. The average molecular weight is 200 g/mol. The third-order valence-corrected chi connectivity index (χ3v) is 2.95. The molecule has 4 heteroatoms. The SMILES string of the molecule is CNC(=O)CCNCC1(OC)CCC1. The molecule has 2 N–H and O–H groups in total. The van der Waals surface area contributed by atoms with Gasteiger partial charge in [0.25, 0.3) is 0 Å². The van der Waals surface area contributed by atoms with Crippen LogP contribution in [0.4, 0.5) is 0 Å². The van der Waals surface area contributed by atoms with Crippen LogP contribution in [-0.4, -0.2) is 38.8 Å². The van der Waals surface area contributed by atoms with Crippen LogP contribution < -0.4 is 10.6 Å². The molecule has 0 aromatic rings. The van der Waals surface area contributed by atoms with E-state index in [1.54, 1.807) is 14.2 Å². The Morgan fingerprint density at radius 1 is 1.50 bits per heavy atom. The lowest BCUT2D eigenvalue weighted by molar-refractivity contribution is -0.120. The van der Waals surface area contributed by atoms with Gasteiger partial charge in [-0.3, -0.25) is 4.79 Å². The van der Waals surface area contributed by atoms with Gasteiger partial charge in [0.05, 0.1) is 5.60 Å². The Balaban J connectivity index is 2.05. The van der Waals surface area contributed by atoms with Crippen LogP contribution in [0.1, 0.15) is 25.7 Å². The number of hydrogen-bond acceptors (Lipinski definition) is 3. The highest BCUT2D eigenvalue weighted by Gasteiger charge is 2.36. The molecule has 0 aliphatic heterocycles. The molecule has 0 atom stereocenters. The first-order chi connectivity index (χ1) is 6.72. The van der Waals surface area contributed by atoms with Crippen molar-refractivity contribution in [3.05, 3.63) is 0 Å². The van der Waals surface area contributed by atoms with Gasteiger partial charge in [-0.2, -0.15) is 0 Å². The fourth-order valence-electron chi connectivity index (χ4n) is 1.67. The molecule has 0 saturated heterocycles. The molecule has 0 unspecified atom stereocenters. The van der Waals surface area contributed by atoms with Gasteiger partial charge in [0, 0.05) is 33.7 Å². The molecular weight excluding hydrogens is 180 g/mol. The lowest BCUT2D eigenvalue weighted by Gasteiger charge is -2.40. The molecule has 0 heterocycles. The first-order valence-electron chi connectivity index (χ1n) is 5.19. The Morgan fingerprint density at radius 3 is 2.64 bits per heavy atom. The predicted octanol–water partition coefficient (Wildman–Crippen LogP) is 0.281. The monoisotopic (exact) mass is 200 g/mol. The van der Waals surface area contributed by atoms with E-state index in [1.807, 2.05) is 0 Å². The van der Waals surface area contributed by atoms with Gasteiger partial charge in [-0.25, -0.2) is 0 Å². The summed E-state index contributed by atoms with van der Waals surface area (Å²) >= 11 is 0. The van der Waals surface area contributed by atoms with Crippen LogP contribution in [0.2, 0.25) is 0 Å². The summed E-state index contributed by atoms with van der Waals surface area (Å²) < 4.78 is 5.44. The fourth-order valence-corrected chi connectivity index (χ4v) is 1.67. The molecule has 14 heavy (non-hydrogen) atoms. The Labute approximate surface area is 85.4 Å². The topological polar surface area (TPSA) is 50.4 Å². The van der Waals surface area contributed by atoms with E-state index in [1.165, 1.54) is 6.42 Å². The Hall–Kier alpha value is -0.610. The number of carbonyl (C=O) groups excluding carboxylic acids is 1. The lowest BCUT2D eigenvalue weighted by Crippen LogP contribution is -2.48. The van der Waals surface area contributed by atoms with E-state index >= 15 is 0 Å². The maximum atomic E-state index is 10.9. The first kappa shape index (κ1) is 11.5. The third-order valence-electron chi connectivity index (χ3n) is 2.95. The highest BCUT2D eigenvalue weighted by atomic mass is 16.5. The Bertz CT molecular complexity index is 185. The minimum Gasteiger partial charge on any atom is -0.377 e. The van der Waals surface area contributed by atoms with Crippen molar-refractivity contribution in [1.82, 2.24) is 10.6 Å². The molecule has 0 radical (unpaired) electrons. The molecule has 0 bridgehead atoms. The number of methoxy groups -OCH3 is 1. The van der Waals surface area contributed by atoms with Crippen molar-refractivity contribution in [2.75, 3.05) is 27.2 Å². The Morgan fingerprint density at radius 2 is 2.21 bits per heavy atom. The molecule has 1 aliphatic rings. The summed E-state index contributed by atoms with van der Waals surface area (Å²) in [5.41, 5.74) is 0.0582. The van der Waals surface area contributed by atoms with Crippen LogP contribution in [0.15, 0.2) is 0 Å². The largest absolute Gasteiger partial charge is 0.377 e. The molecule has 0 aromatic heterocycles. The van der Waals surface area contributed by atoms with Crippen LogP contribution in [0.3, 0.4) is 0 Å². The molecule has 0 spiro atoms. The van der Waals surface area contributed by atoms with E-state index in [0.717, 1.165) is 25.9 Å². The van der Waals surface area contributed by atoms with E-state index < -0.39 is 0 Å². The highest BCUT2D eigenvalue weighted by Crippen LogP contribution is 2.34. The summed E-state index contributed by atoms with van der Waals surface area (Å²) in [5, 5.41) is 5.85. The van der Waals surface area contributed by atoms with Gasteiger partial charge in [-0.1, -0.05) is 0 Å². The number of rotatable bonds is 6. The number of nitrogens with one attached hydrogen (secondary N) is 2. The zero-order valence-corrected chi connectivity index (χ0v) is 9.06. The second-order valence-electron chi connectivity index (χ2n) is 3.84. The zero-order chi connectivity index (χ0) is 10.4. The maximum absolute atomic E-state index is 10.9. The molecule has 1 fully saturated rings. The van der Waals surface area contributed by atoms with Crippen molar-refractivity contribution in [2.45, 2.75) is 31.3 Å².